The SMILES string of the molecule is CC(C)c1nc2sc(S(C)(=O)=O)nc2c(=O)n1C. The number of sulfone groups is 1. The van der Waals surface area contributed by atoms with Gasteiger partial charge in [0.1, 0.15) is 5.82 Å². The maximum atomic E-state index is 12.1. The summed E-state index contributed by atoms with van der Waals surface area (Å²) in [5.74, 6) is 0.701. The molecule has 0 aliphatic rings. The highest BCUT2D eigenvalue weighted by atomic mass is 32.2. The quantitative estimate of drug-likeness (QED) is 0.820. The molecule has 0 radical (unpaired) electrons. The summed E-state index contributed by atoms with van der Waals surface area (Å²) in [6.45, 7) is 3.85. The van der Waals surface area contributed by atoms with E-state index in [-0.39, 0.29) is 21.3 Å². The smallest absolute Gasteiger partial charge is 0.280 e. The molecule has 8 heteroatoms. The Morgan fingerprint density at radius 1 is 1.28 bits per heavy atom. The molecule has 0 aliphatic carbocycles. The predicted molar refractivity (Wildman–Crippen MR) is 69.9 cm³/mol. The summed E-state index contributed by atoms with van der Waals surface area (Å²) in [7, 11) is -1.79. The zero-order chi connectivity index (χ0) is 13.7. The van der Waals surface area contributed by atoms with Crippen LogP contribution in [0.1, 0.15) is 25.6 Å². The Labute approximate surface area is 108 Å². The van der Waals surface area contributed by atoms with E-state index >= 15 is 0 Å². The third kappa shape index (κ3) is 2.05. The van der Waals surface area contributed by atoms with Gasteiger partial charge in [0.05, 0.1) is 0 Å². The molecule has 6 nitrogen and oxygen atoms in total. The van der Waals surface area contributed by atoms with Gasteiger partial charge in [-0.25, -0.2) is 18.4 Å². The Bertz CT molecular complexity index is 771. The monoisotopic (exact) mass is 287 g/mol. The molecule has 0 saturated carbocycles. The minimum absolute atomic E-state index is 0.0667. The minimum Gasteiger partial charge on any atom is -0.298 e. The maximum Gasteiger partial charge on any atom is 0.280 e. The Hall–Kier alpha value is -1.28. The second kappa shape index (κ2) is 4.13. The van der Waals surface area contributed by atoms with Crippen molar-refractivity contribution in [2.45, 2.75) is 24.1 Å². The van der Waals surface area contributed by atoms with E-state index < -0.39 is 9.84 Å². The number of thiazole rings is 1. The molecule has 2 heterocycles. The predicted octanol–water partition coefficient (Wildman–Crippen LogP) is 0.917. The molecular weight excluding hydrogens is 274 g/mol. The molecule has 18 heavy (non-hydrogen) atoms. The van der Waals surface area contributed by atoms with Gasteiger partial charge < -0.3 is 0 Å². The van der Waals surface area contributed by atoms with Gasteiger partial charge in [-0.15, -0.1) is 0 Å². The number of hydrogen-bond donors (Lipinski definition) is 0. The Kier molecular flexibility index (Phi) is 3.02. The first-order valence-corrected chi connectivity index (χ1v) is 8.00. The Morgan fingerprint density at radius 2 is 1.89 bits per heavy atom. The summed E-state index contributed by atoms with van der Waals surface area (Å²) in [6, 6.07) is 0. The molecule has 0 spiro atoms. The van der Waals surface area contributed by atoms with Crippen molar-refractivity contribution < 1.29 is 8.42 Å². The van der Waals surface area contributed by atoms with Crippen molar-refractivity contribution in [1.82, 2.24) is 14.5 Å². The first-order valence-electron chi connectivity index (χ1n) is 5.29. The molecule has 0 aliphatic heterocycles. The summed E-state index contributed by atoms with van der Waals surface area (Å²) < 4.78 is 24.2. The van der Waals surface area contributed by atoms with Crippen molar-refractivity contribution in [3.63, 3.8) is 0 Å². The molecule has 0 N–H and O–H groups in total. The van der Waals surface area contributed by atoms with Gasteiger partial charge in [-0.2, -0.15) is 0 Å². The van der Waals surface area contributed by atoms with E-state index in [1.54, 1.807) is 7.05 Å². The third-order valence-electron chi connectivity index (χ3n) is 2.49. The Morgan fingerprint density at radius 3 is 2.39 bits per heavy atom. The van der Waals surface area contributed by atoms with Crippen molar-refractivity contribution in [2.24, 2.45) is 7.05 Å². The van der Waals surface area contributed by atoms with Crippen molar-refractivity contribution in [3.8, 4) is 0 Å². The van der Waals surface area contributed by atoms with Crippen molar-refractivity contribution in [2.75, 3.05) is 6.26 Å². The fourth-order valence-electron chi connectivity index (χ4n) is 1.62. The molecule has 0 atom stereocenters. The van der Waals surface area contributed by atoms with Gasteiger partial charge in [0.2, 0.25) is 14.2 Å². The van der Waals surface area contributed by atoms with Crippen LogP contribution in [0.15, 0.2) is 9.13 Å². The van der Waals surface area contributed by atoms with Crippen LogP contribution in [-0.2, 0) is 16.9 Å². The van der Waals surface area contributed by atoms with Crippen molar-refractivity contribution >= 4 is 31.5 Å². The van der Waals surface area contributed by atoms with Crippen LogP contribution in [0.2, 0.25) is 0 Å². The minimum atomic E-state index is -3.41. The summed E-state index contributed by atoms with van der Waals surface area (Å²) in [6.07, 6.45) is 1.07. The summed E-state index contributed by atoms with van der Waals surface area (Å²) in [5.41, 5.74) is -0.192. The molecule has 0 amide bonds. The molecule has 0 fully saturated rings. The van der Waals surface area contributed by atoms with E-state index in [1.165, 1.54) is 4.57 Å². The molecule has 98 valence electrons. The van der Waals surface area contributed by atoms with Crippen LogP contribution in [0.4, 0.5) is 0 Å². The molecule has 2 rings (SSSR count). The van der Waals surface area contributed by atoms with Crippen LogP contribution in [0, 0.1) is 0 Å². The van der Waals surface area contributed by atoms with Gasteiger partial charge in [-0.05, 0) is 0 Å². The van der Waals surface area contributed by atoms with Gasteiger partial charge in [0.15, 0.2) is 10.3 Å². The lowest BCUT2D eigenvalue weighted by Gasteiger charge is -2.09. The van der Waals surface area contributed by atoms with Crippen LogP contribution in [0.3, 0.4) is 0 Å². The number of nitrogens with zero attached hydrogens (tertiary/aromatic N) is 3. The van der Waals surface area contributed by atoms with Crippen molar-refractivity contribution in [3.05, 3.63) is 16.2 Å². The average molecular weight is 287 g/mol. The zero-order valence-electron chi connectivity index (χ0n) is 10.5. The van der Waals surface area contributed by atoms with E-state index in [2.05, 4.69) is 9.97 Å². The van der Waals surface area contributed by atoms with Gasteiger partial charge in [-0.3, -0.25) is 9.36 Å². The van der Waals surface area contributed by atoms with E-state index in [0.717, 1.165) is 17.6 Å². The van der Waals surface area contributed by atoms with Crippen LogP contribution < -0.4 is 5.56 Å². The lowest BCUT2D eigenvalue weighted by Crippen LogP contribution is -2.23. The fourth-order valence-corrected chi connectivity index (χ4v) is 3.40. The summed E-state index contributed by atoms with van der Waals surface area (Å²) >= 11 is 0.935. The van der Waals surface area contributed by atoms with Crippen LogP contribution >= 0.6 is 11.3 Å². The van der Waals surface area contributed by atoms with Gasteiger partial charge >= 0.3 is 0 Å². The van der Waals surface area contributed by atoms with E-state index in [0.29, 0.717) is 10.7 Å². The second-order valence-electron chi connectivity index (χ2n) is 4.39. The third-order valence-corrected chi connectivity index (χ3v) is 5.12. The number of fused-ring (bicyclic) bond motifs is 1. The largest absolute Gasteiger partial charge is 0.298 e. The summed E-state index contributed by atoms with van der Waals surface area (Å²) in [4.78, 5) is 20.6. The second-order valence-corrected chi connectivity index (χ2v) is 7.56. The molecule has 2 aromatic heterocycles. The van der Waals surface area contributed by atoms with Crippen LogP contribution in [-0.4, -0.2) is 29.2 Å². The van der Waals surface area contributed by atoms with E-state index in [9.17, 15) is 13.2 Å². The van der Waals surface area contributed by atoms with Crippen LogP contribution in [0.5, 0.6) is 0 Å². The molecule has 2 aromatic rings. The molecule has 0 unspecified atom stereocenters. The molecular formula is C10H13N3O3S2. The fraction of sp³-hybridized carbons (Fsp3) is 0.500. The lowest BCUT2D eigenvalue weighted by atomic mass is 10.2. The van der Waals surface area contributed by atoms with E-state index in [1.807, 2.05) is 13.8 Å². The average Bonchev–Trinajstić information content (AvgIpc) is 2.66. The Balaban J connectivity index is 2.87. The van der Waals surface area contributed by atoms with E-state index in [4.69, 9.17) is 0 Å². The molecule has 0 saturated heterocycles. The van der Waals surface area contributed by atoms with Gasteiger partial charge in [0.25, 0.3) is 5.56 Å². The first kappa shape index (κ1) is 13.2. The normalized spacial score (nSPS) is 12.5. The first-order chi connectivity index (χ1) is 8.21. The zero-order valence-corrected chi connectivity index (χ0v) is 12.1. The van der Waals surface area contributed by atoms with Gasteiger partial charge in [0, 0.05) is 19.2 Å². The van der Waals surface area contributed by atoms with Crippen LogP contribution in [0.25, 0.3) is 10.3 Å². The maximum absolute atomic E-state index is 12.1. The highest BCUT2D eigenvalue weighted by Crippen LogP contribution is 2.23. The lowest BCUT2D eigenvalue weighted by molar-refractivity contribution is 0.601. The molecule has 0 aromatic carbocycles. The van der Waals surface area contributed by atoms with Gasteiger partial charge in [-0.1, -0.05) is 25.2 Å². The number of rotatable bonds is 2. The van der Waals surface area contributed by atoms with Crippen molar-refractivity contribution in [1.29, 1.82) is 0 Å². The molecule has 0 bridgehead atoms. The highest BCUT2D eigenvalue weighted by Gasteiger charge is 2.19. The standard InChI is InChI=1S/C10H13N3O3S2/c1-5(2)7-12-8-6(9(14)13(7)3)11-10(17-8)18(4,15)16/h5H,1-4H3. The topological polar surface area (TPSA) is 81.9 Å². The number of aromatic nitrogens is 3. The highest BCUT2D eigenvalue weighted by molar-refractivity contribution is 7.92. The number of hydrogen-bond acceptors (Lipinski definition) is 6. The summed E-state index contributed by atoms with van der Waals surface area (Å²) in [5, 5.41) is 0.